The Hall–Kier alpha value is -1.04. The molecule has 0 amide bonds. The van der Waals surface area contributed by atoms with Crippen molar-refractivity contribution in [1.29, 1.82) is 0 Å². The molecule has 1 aliphatic rings. The molecule has 0 radical (unpaired) electrons. The van der Waals surface area contributed by atoms with Gasteiger partial charge in [0, 0.05) is 0 Å². The van der Waals surface area contributed by atoms with Gasteiger partial charge in [0.15, 0.2) is 0 Å². The summed E-state index contributed by atoms with van der Waals surface area (Å²) in [5.74, 6) is 0. The van der Waals surface area contributed by atoms with Crippen LogP contribution in [0.2, 0.25) is 0 Å². The van der Waals surface area contributed by atoms with Gasteiger partial charge in [-0.3, -0.25) is 0 Å². The van der Waals surface area contributed by atoms with Gasteiger partial charge in [-0.05, 0) is 80.0 Å². The van der Waals surface area contributed by atoms with Gasteiger partial charge in [0.05, 0.1) is 0 Å². The molecule has 0 N–H and O–H groups in total. The van der Waals surface area contributed by atoms with E-state index in [1.807, 2.05) is 0 Å². The van der Waals surface area contributed by atoms with E-state index in [0.29, 0.717) is 0 Å². The van der Waals surface area contributed by atoms with E-state index in [2.05, 4.69) is 40.7 Å². The standard InChI is InChI=1S/C14H18/c1-6-12-7-13-10(4)8(2)9(3)11(5)14(12)13/h6H,7H2,1-5H3. The maximum Gasteiger partial charge on any atom is -0.00140 e. The van der Waals surface area contributed by atoms with Crippen molar-refractivity contribution in [1.82, 2.24) is 0 Å². The van der Waals surface area contributed by atoms with Crippen molar-refractivity contribution < 1.29 is 0 Å². The van der Waals surface area contributed by atoms with Gasteiger partial charge in [-0.2, -0.15) is 0 Å². The van der Waals surface area contributed by atoms with Crippen LogP contribution in [0.25, 0.3) is 5.57 Å². The number of hydrogen-bond donors (Lipinski definition) is 0. The van der Waals surface area contributed by atoms with E-state index in [1.165, 1.54) is 39.8 Å². The van der Waals surface area contributed by atoms with Crippen LogP contribution in [-0.2, 0) is 6.42 Å². The average molecular weight is 186 g/mol. The lowest BCUT2D eigenvalue weighted by Gasteiger charge is -2.30. The lowest BCUT2D eigenvalue weighted by atomic mass is 9.74. The van der Waals surface area contributed by atoms with Gasteiger partial charge in [0.1, 0.15) is 0 Å². The molecule has 2 rings (SSSR count). The minimum Gasteiger partial charge on any atom is -0.0835 e. The predicted octanol–water partition coefficient (Wildman–Crippen LogP) is 3.88. The van der Waals surface area contributed by atoms with Crippen molar-refractivity contribution >= 4 is 5.57 Å². The van der Waals surface area contributed by atoms with E-state index in [0.717, 1.165) is 0 Å². The third-order valence-electron chi connectivity index (χ3n) is 3.85. The SMILES string of the molecule is CC=C1Cc2c(C)c(C)c(C)c(C)c21. The minimum atomic E-state index is 1.18. The lowest BCUT2D eigenvalue weighted by Crippen LogP contribution is -2.14. The zero-order valence-corrected chi connectivity index (χ0v) is 9.78. The summed E-state index contributed by atoms with van der Waals surface area (Å²) in [7, 11) is 0. The maximum atomic E-state index is 2.26. The number of fused-ring (bicyclic) bond motifs is 1. The van der Waals surface area contributed by atoms with Crippen LogP contribution in [0.5, 0.6) is 0 Å². The first-order valence-electron chi connectivity index (χ1n) is 5.32. The second-order valence-corrected chi connectivity index (χ2v) is 4.34. The fourth-order valence-corrected chi connectivity index (χ4v) is 2.46. The molecule has 0 heterocycles. The second-order valence-electron chi connectivity index (χ2n) is 4.34. The molecule has 1 aromatic rings. The molecule has 74 valence electrons. The highest BCUT2D eigenvalue weighted by atomic mass is 14.3. The quantitative estimate of drug-likeness (QED) is 0.577. The Kier molecular flexibility index (Phi) is 2.02. The Morgan fingerprint density at radius 3 is 2.00 bits per heavy atom. The summed E-state index contributed by atoms with van der Waals surface area (Å²) in [5, 5.41) is 0. The van der Waals surface area contributed by atoms with Crippen molar-refractivity contribution in [2.45, 2.75) is 41.0 Å². The highest BCUT2D eigenvalue weighted by molar-refractivity contribution is 5.84. The summed E-state index contributed by atoms with van der Waals surface area (Å²) < 4.78 is 0. The number of rotatable bonds is 0. The van der Waals surface area contributed by atoms with Crippen molar-refractivity contribution in [3.05, 3.63) is 39.5 Å². The van der Waals surface area contributed by atoms with Crippen LogP contribution >= 0.6 is 0 Å². The first kappa shape index (κ1) is 9.51. The first-order chi connectivity index (χ1) is 6.57. The van der Waals surface area contributed by atoms with Crippen LogP contribution in [0, 0.1) is 27.7 Å². The molecule has 1 aromatic carbocycles. The largest absolute Gasteiger partial charge is 0.0835 e. The summed E-state index contributed by atoms with van der Waals surface area (Å²) in [6, 6.07) is 0. The Morgan fingerprint density at radius 2 is 1.43 bits per heavy atom. The Bertz CT molecular complexity index is 411. The van der Waals surface area contributed by atoms with Crippen LogP contribution in [0.15, 0.2) is 6.08 Å². The summed E-state index contributed by atoms with van der Waals surface area (Å²) in [6.07, 6.45) is 3.43. The van der Waals surface area contributed by atoms with Crippen molar-refractivity contribution in [2.24, 2.45) is 0 Å². The van der Waals surface area contributed by atoms with E-state index >= 15 is 0 Å². The van der Waals surface area contributed by atoms with Crippen LogP contribution < -0.4 is 0 Å². The molecule has 0 bridgehead atoms. The van der Waals surface area contributed by atoms with Crippen LogP contribution in [-0.4, -0.2) is 0 Å². The average Bonchev–Trinajstić information content (AvgIpc) is 2.12. The van der Waals surface area contributed by atoms with Gasteiger partial charge >= 0.3 is 0 Å². The molecule has 0 saturated heterocycles. The van der Waals surface area contributed by atoms with Crippen LogP contribution in [0.1, 0.15) is 40.3 Å². The van der Waals surface area contributed by atoms with Gasteiger partial charge in [0.2, 0.25) is 0 Å². The lowest BCUT2D eigenvalue weighted by molar-refractivity contribution is 1.05. The molecule has 0 atom stereocenters. The molecule has 0 nitrogen and oxygen atoms in total. The molecule has 14 heavy (non-hydrogen) atoms. The summed E-state index contributed by atoms with van der Waals surface area (Å²) in [4.78, 5) is 0. The van der Waals surface area contributed by atoms with Crippen molar-refractivity contribution in [3.63, 3.8) is 0 Å². The third-order valence-corrected chi connectivity index (χ3v) is 3.85. The number of hydrogen-bond acceptors (Lipinski definition) is 0. The molecule has 0 saturated carbocycles. The van der Waals surface area contributed by atoms with Crippen LogP contribution in [0.3, 0.4) is 0 Å². The van der Waals surface area contributed by atoms with Gasteiger partial charge in [0.25, 0.3) is 0 Å². The van der Waals surface area contributed by atoms with Crippen molar-refractivity contribution in [3.8, 4) is 0 Å². The van der Waals surface area contributed by atoms with Gasteiger partial charge in [-0.25, -0.2) is 0 Å². The molecule has 0 aliphatic heterocycles. The van der Waals surface area contributed by atoms with E-state index in [9.17, 15) is 0 Å². The minimum absolute atomic E-state index is 1.18. The molecule has 0 fully saturated rings. The zero-order chi connectivity index (χ0) is 10.5. The number of allylic oxidation sites excluding steroid dienone is 2. The molecule has 0 aromatic heterocycles. The maximum absolute atomic E-state index is 2.26. The first-order valence-corrected chi connectivity index (χ1v) is 5.32. The third kappa shape index (κ3) is 1.00. The normalized spacial score (nSPS) is 16.8. The molecule has 0 spiro atoms. The van der Waals surface area contributed by atoms with Crippen LogP contribution in [0.4, 0.5) is 0 Å². The molecule has 1 aliphatic carbocycles. The highest BCUT2D eigenvalue weighted by Gasteiger charge is 2.25. The molecular weight excluding hydrogens is 168 g/mol. The summed E-state index contributed by atoms with van der Waals surface area (Å²) in [6.45, 7) is 11.1. The van der Waals surface area contributed by atoms with Gasteiger partial charge in [-0.15, -0.1) is 0 Å². The Morgan fingerprint density at radius 1 is 0.857 bits per heavy atom. The second kappa shape index (κ2) is 2.98. The van der Waals surface area contributed by atoms with Gasteiger partial charge in [-0.1, -0.05) is 6.08 Å². The van der Waals surface area contributed by atoms with E-state index in [-0.39, 0.29) is 0 Å². The summed E-state index contributed by atoms with van der Waals surface area (Å²) in [5.41, 5.74) is 10.6. The molecule has 0 heteroatoms. The zero-order valence-electron chi connectivity index (χ0n) is 9.78. The smallest absolute Gasteiger partial charge is 0.00140 e. The van der Waals surface area contributed by atoms with Gasteiger partial charge < -0.3 is 0 Å². The predicted molar refractivity (Wildman–Crippen MR) is 62.7 cm³/mol. The van der Waals surface area contributed by atoms with E-state index in [4.69, 9.17) is 0 Å². The molecular formula is C14H18. The Balaban J connectivity index is 2.77. The monoisotopic (exact) mass is 186 g/mol. The highest BCUT2D eigenvalue weighted by Crippen LogP contribution is 2.41. The van der Waals surface area contributed by atoms with E-state index in [1.54, 1.807) is 5.56 Å². The fourth-order valence-electron chi connectivity index (χ4n) is 2.46. The molecule has 0 unspecified atom stereocenters. The fraction of sp³-hybridized carbons (Fsp3) is 0.429. The van der Waals surface area contributed by atoms with Crippen molar-refractivity contribution in [2.75, 3.05) is 0 Å². The number of benzene rings is 1. The Labute approximate surface area is 86.7 Å². The van der Waals surface area contributed by atoms with E-state index < -0.39 is 0 Å². The topological polar surface area (TPSA) is 0 Å². The summed E-state index contributed by atoms with van der Waals surface area (Å²) >= 11 is 0.